The molecule has 34 heavy (non-hydrogen) atoms. The molecule has 0 spiro atoms. The van der Waals surface area contributed by atoms with E-state index in [0.717, 1.165) is 18.4 Å². The molecule has 0 bridgehead atoms. The van der Waals surface area contributed by atoms with Crippen molar-refractivity contribution in [2.45, 2.75) is 32.7 Å². The van der Waals surface area contributed by atoms with E-state index in [1.54, 1.807) is 40.5 Å². The lowest BCUT2D eigenvalue weighted by atomic mass is 10.0. The minimum absolute atomic E-state index is 0.00314. The minimum atomic E-state index is -0.263. The van der Waals surface area contributed by atoms with Crippen LogP contribution in [0.15, 0.2) is 58.5 Å². The van der Waals surface area contributed by atoms with Gasteiger partial charge in [0.1, 0.15) is 18.9 Å². The Morgan fingerprint density at radius 3 is 2.74 bits per heavy atom. The molecule has 3 heterocycles. The average molecular weight is 501 g/mol. The van der Waals surface area contributed by atoms with E-state index in [4.69, 9.17) is 20.8 Å². The zero-order valence-corrected chi connectivity index (χ0v) is 21.0. The lowest BCUT2D eigenvalue weighted by Crippen LogP contribution is -2.48. The largest absolute Gasteiger partial charge is 0.491 e. The van der Waals surface area contributed by atoms with E-state index < -0.39 is 0 Å². The fourth-order valence-electron chi connectivity index (χ4n) is 4.06. The summed E-state index contributed by atoms with van der Waals surface area (Å²) in [6.45, 7) is 5.62. The second kappa shape index (κ2) is 11.1. The van der Waals surface area contributed by atoms with Gasteiger partial charge in [-0.3, -0.25) is 9.59 Å². The van der Waals surface area contributed by atoms with Crippen molar-refractivity contribution in [3.8, 4) is 5.75 Å². The molecule has 8 heteroatoms. The SMILES string of the molecule is CC(C)CCN(CC(=O)N1CCc2sccc2[C@@H]1COc1ccc(Cl)cc1)C(=O)c1ccco1. The van der Waals surface area contributed by atoms with Crippen LogP contribution in [0.1, 0.15) is 47.3 Å². The van der Waals surface area contributed by atoms with Gasteiger partial charge in [-0.2, -0.15) is 0 Å². The summed E-state index contributed by atoms with van der Waals surface area (Å²) in [5.74, 6) is 1.00. The van der Waals surface area contributed by atoms with Crippen LogP contribution in [-0.4, -0.2) is 47.9 Å². The normalized spacial score (nSPS) is 15.3. The standard InChI is InChI=1S/C26H29ClN2O4S/c1-18(2)9-12-28(26(31)23-4-3-14-32-23)16-25(30)29-13-10-24-21(11-15-34-24)22(29)17-33-20-7-5-19(27)6-8-20/h3-8,11,14-15,18,22H,9-10,12-13,16-17H2,1-2H3/t22-/m0/s1. The van der Waals surface area contributed by atoms with Gasteiger partial charge in [-0.1, -0.05) is 25.4 Å². The van der Waals surface area contributed by atoms with Crippen LogP contribution in [0, 0.1) is 5.92 Å². The number of fused-ring (bicyclic) bond motifs is 1. The third kappa shape index (κ3) is 5.83. The molecule has 0 aliphatic carbocycles. The summed E-state index contributed by atoms with van der Waals surface area (Å²) in [5, 5.41) is 2.70. The molecule has 1 aliphatic rings. The molecule has 0 fully saturated rings. The van der Waals surface area contributed by atoms with Crippen LogP contribution < -0.4 is 4.74 Å². The van der Waals surface area contributed by atoms with Crippen LogP contribution in [0.4, 0.5) is 0 Å². The third-order valence-electron chi connectivity index (χ3n) is 5.96. The molecule has 2 aromatic heterocycles. The Hall–Kier alpha value is -2.77. The van der Waals surface area contributed by atoms with Crippen LogP contribution in [0.3, 0.4) is 0 Å². The van der Waals surface area contributed by atoms with Gasteiger partial charge in [0, 0.05) is 23.0 Å². The number of hydrogen-bond donors (Lipinski definition) is 0. The molecule has 3 aromatic rings. The van der Waals surface area contributed by atoms with Gasteiger partial charge in [-0.25, -0.2) is 0 Å². The fraction of sp³-hybridized carbons (Fsp3) is 0.385. The maximum Gasteiger partial charge on any atom is 0.290 e. The van der Waals surface area contributed by atoms with E-state index in [2.05, 4.69) is 25.3 Å². The Labute approximate surface area is 209 Å². The van der Waals surface area contributed by atoms with Gasteiger partial charge < -0.3 is 19.0 Å². The van der Waals surface area contributed by atoms with Crippen molar-refractivity contribution < 1.29 is 18.7 Å². The molecule has 0 saturated heterocycles. The molecule has 1 aromatic carbocycles. The molecule has 0 saturated carbocycles. The van der Waals surface area contributed by atoms with Crippen molar-refractivity contribution in [1.29, 1.82) is 0 Å². The molecule has 0 radical (unpaired) electrons. The average Bonchev–Trinajstić information content (AvgIpc) is 3.53. The second-order valence-electron chi connectivity index (χ2n) is 8.80. The summed E-state index contributed by atoms with van der Waals surface area (Å²) in [6.07, 6.45) is 3.08. The number of benzene rings is 1. The summed E-state index contributed by atoms with van der Waals surface area (Å²) < 4.78 is 11.4. The van der Waals surface area contributed by atoms with E-state index in [1.165, 1.54) is 11.1 Å². The number of halogens is 1. The van der Waals surface area contributed by atoms with Crippen molar-refractivity contribution in [2.75, 3.05) is 26.2 Å². The Kier molecular flexibility index (Phi) is 7.95. The molecule has 6 nitrogen and oxygen atoms in total. The van der Waals surface area contributed by atoms with Gasteiger partial charge in [0.2, 0.25) is 5.91 Å². The topological polar surface area (TPSA) is 63.0 Å². The predicted octanol–water partition coefficient (Wildman–Crippen LogP) is 5.69. The molecule has 1 atom stereocenters. The zero-order chi connectivity index (χ0) is 24.1. The molecule has 1 aliphatic heterocycles. The summed E-state index contributed by atoms with van der Waals surface area (Å²) >= 11 is 7.69. The molecule has 0 unspecified atom stereocenters. The Morgan fingerprint density at radius 1 is 1.24 bits per heavy atom. The van der Waals surface area contributed by atoms with Crippen LogP contribution in [0.2, 0.25) is 5.02 Å². The summed E-state index contributed by atoms with van der Waals surface area (Å²) in [5.41, 5.74) is 1.12. The maximum absolute atomic E-state index is 13.6. The van der Waals surface area contributed by atoms with Gasteiger partial charge in [0.05, 0.1) is 12.3 Å². The first-order valence-electron chi connectivity index (χ1n) is 11.5. The second-order valence-corrected chi connectivity index (χ2v) is 10.2. The first-order chi connectivity index (χ1) is 16.4. The quantitative estimate of drug-likeness (QED) is 0.378. The van der Waals surface area contributed by atoms with Gasteiger partial charge in [-0.05, 0) is 72.2 Å². The van der Waals surface area contributed by atoms with Gasteiger partial charge >= 0.3 is 0 Å². The van der Waals surface area contributed by atoms with Gasteiger partial charge in [0.15, 0.2) is 5.76 Å². The lowest BCUT2D eigenvalue weighted by Gasteiger charge is -2.37. The highest BCUT2D eigenvalue weighted by atomic mass is 35.5. The highest BCUT2D eigenvalue weighted by Crippen LogP contribution is 2.34. The number of carbonyl (C=O) groups excluding carboxylic acids is 2. The first-order valence-corrected chi connectivity index (χ1v) is 12.7. The molecule has 4 rings (SSSR count). The van der Waals surface area contributed by atoms with Crippen LogP contribution >= 0.6 is 22.9 Å². The number of amides is 2. The van der Waals surface area contributed by atoms with Crippen LogP contribution in [-0.2, 0) is 11.2 Å². The molecular weight excluding hydrogens is 472 g/mol. The number of nitrogens with zero attached hydrogens (tertiary/aromatic N) is 2. The number of hydrogen-bond acceptors (Lipinski definition) is 5. The smallest absolute Gasteiger partial charge is 0.290 e. The van der Waals surface area contributed by atoms with Crippen molar-refractivity contribution >= 4 is 34.8 Å². The van der Waals surface area contributed by atoms with Crippen molar-refractivity contribution in [3.63, 3.8) is 0 Å². The maximum atomic E-state index is 13.6. The first kappa shape index (κ1) is 24.4. The molecule has 180 valence electrons. The van der Waals surface area contributed by atoms with Crippen molar-refractivity contribution in [1.82, 2.24) is 9.80 Å². The van der Waals surface area contributed by atoms with Crippen LogP contribution in [0.5, 0.6) is 5.75 Å². The highest BCUT2D eigenvalue weighted by Gasteiger charge is 2.34. The highest BCUT2D eigenvalue weighted by molar-refractivity contribution is 7.10. The van der Waals surface area contributed by atoms with Gasteiger partial charge in [0.25, 0.3) is 5.91 Å². The number of thiophene rings is 1. The summed E-state index contributed by atoms with van der Waals surface area (Å²) in [6, 6.07) is 12.4. The minimum Gasteiger partial charge on any atom is -0.491 e. The predicted molar refractivity (Wildman–Crippen MR) is 133 cm³/mol. The summed E-state index contributed by atoms with van der Waals surface area (Å²) in [7, 11) is 0. The van der Waals surface area contributed by atoms with E-state index in [0.29, 0.717) is 36.4 Å². The summed E-state index contributed by atoms with van der Waals surface area (Å²) in [4.78, 5) is 31.3. The van der Waals surface area contributed by atoms with Gasteiger partial charge in [-0.15, -0.1) is 11.3 Å². The van der Waals surface area contributed by atoms with Crippen molar-refractivity contribution in [3.05, 3.63) is 75.3 Å². The monoisotopic (exact) mass is 500 g/mol. The molecular formula is C26H29ClN2O4S. The number of furan rings is 1. The van der Waals surface area contributed by atoms with Crippen LogP contribution in [0.25, 0.3) is 0 Å². The molecule has 2 amide bonds. The fourth-order valence-corrected chi connectivity index (χ4v) is 5.11. The van der Waals surface area contributed by atoms with E-state index in [1.807, 2.05) is 17.0 Å². The van der Waals surface area contributed by atoms with E-state index in [-0.39, 0.29) is 30.2 Å². The number of ether oxygens (including phenoxy) is 1. The molecule has 0 N–H and O–H groups in total. The Morgan fingerprint density at radius 2 is 2.03 bits per heavy atom. The Bertz CT molecular complexity index is 1090. The third-order valence-corrected chi connectivity index (χ3v) is 7.21. The zero-order valence-electron chi connectivity index (χ0n) is 19.4. The van der Waals surface area contributed by atoms with E-state index in [9.17, 15) is 9.59 Å². The van der Waals surface area contributed by atoms with Crippen molar-refractivity contribution in [2.24, 2.45) is 5.92 Å². The Balaban J connectivity index is 1.51. The van der Waals surface area contributed by atoms with E-state index >= 15 is 0 Å². The number of rotatable bonds is 9. The number of carbonyl (C=O) groups is 2. The lowest BCUT2D eigenvalue weighted by molar-refractivity contribution is -0.135.